The van der Waals surface area contributed by atoms with Crippen LogP contribution in [0.25, 0.3) is 0 Å². The van der Waals surface area contributed by atoms with Crippen molar-refractivity contribution < 1.29 is 9.53 Å². The van der Waals surface area contributed by atoms with Gasteiger partial charge in [0.15, 0.2) is 0 Å². The quantitative estimate of drug-likeness (QED) is 0.919. The fourth-order valence-electron chi connectivity index (χ4n) is 2.59. The first-order valence-electron chi connectivity index (χ1n) is 7.38. The zero-order chi connectivity index (χ0) is 14.5. The predicted molar refractivity (Wildman–Crippen MR) is 82.2 cm³/mol. The van der Waals surface area contributed by atoms with Crippen molar-refractivity contribution in [3.05, 3.63) is 24.3 Å². The van der Waals surface area contributed by atoms with Crippen LogP contribution in [0.2, 0.25) is 0 Å². The zero-order valence-electron chi connectivity index (χ0n) is 12.6. The van der Waals surface area contributed by atoms with Crippen LogP contribution in [0.3, 0.4) is 0 Å². The molecule has 0 aliphatic carbocycles. The second kappa shape index (κ2) is 6.75. The molecule has 1 aliphatic rings. The molecule has 1 N–H and O–H groups in total. The van der Waals surface area contributed by atoms with Crippen molar-refractivity contribution in [3.63, 3.8) is 0 Å². The van der Waals surface area contributed by atoms with Crippen LogP contribution >= 0.6 is 0 Å². The highest BCUT2D eigenvalue weighted by Crippen LogP contribution is 2.22. The molecule has 0 radical (unpaired) electrons. The highest BCUT2D eigenvalue weighted by atomic mass is 16.5. The van der Waals surface area contributed by atoms with Gasteiger partial charge in [-0.2, -0.15) is 0 Å². The third kappa shape index (κ3) is 3.97. The molecule has 0 saturated carbocycles. The molecule has 2 atom stereocenters. The van der Waals surface area contributed by atoms with E-state index in [1.54, 1.807) is 0 Å². The van der Waals surface area contributed by atoms with E-state index in [1.165, 1.54) is 5.69 Å². The molecule has 4 nitrogen and oxygen atoms in total. The summed E-state index contributed by atoms with van der Waals surface area (Å²) in [5.41, 5.74) is 2.04. The van der Waals surface area contributed by atoms with Gasteiger partial charge in [-0.1, -0.05) is 6.92 Å². The van der Waals surface area contributed by atoms with E-state index in [4.69, 9.17) is 4.74 Å². The van der Waals surface area contributed by atoms with Crippen LogP contribution in [0.5, 0.6) is 0 Å². The third-order valence-electron chi connectivity index (χ3n) is 3.41. The molecule has 1 fully saturated rings. The number of rotatable bonds is 4. The van der Waals surface area contributed by atoms with Crippen molar-refractivity contribution in [1.29, 1.82) is 0 Å². The lowest BCUT2D eigenvalue weighted by Gasteiger charge is -2.36. The molecule has 110 valence electrons. The zero-order valence-corrected chi connectivity index (χ0v) is 12.6. The standard InChI is InChI=1S/C16H24N2O2/c1-4-5-16(19)17-14-6-8-15(9-7-14)18-10-12(2)20-13(3)11-18/h6-9,12-13H,4-5,10-11H2,1-3H3,(H,17,19)/t12-,13+. The number of nitrogens with zero attached hydrogens (tertiary/aromatic N) is 1. The van der Waals surface area contributed by atoms with Crippen LogP contribution in [0, 0.1) is 0 Å². The van der Waals surface area contributed by atoms with Gasteiger partial charge >= 0.3 is 0 Å². The Hall–Kier alpha value is -1.55. The van der Waals surface area contributed by atoms with E-state index in [0.29, 0.717) is 6.42 Å². The molecule has 0 aromatic heterocycles. The molecule has 1 amide bonds. The first kappa shape index (κ1) is 14.9. The van der Waals surface area contributed by atoms with E-state index >= 15 is 0 Å². The van der Waals surface area contributed by atoms with Crippen LogP contribution in [-0.4, -0.2) is 31.2 Å². The number of hydrogen-bond acceptors (Lipinski definition) is 3. The minimum Gasteiger partial charge on any atom is -0.372 e. The lowest BCUT2D eigenvalue weighted by Crippen LogP contribution is -2.45. The Morgan fingerprint density at radius 1 is 1.25 bits per heavy atom. The molecule has 1 aliphatic heterocycles. The normalized spacial score (nSPS) is 22.6. The number of anilines is 2. The van der Waals surface area contributed by atoms with Crippen LogP contribution < -0.4 is 10.2 Å². The largest absolute Gasteiger partial charge is 0.372 e. The summed E-state index contributed by atoms with van der Waals surface area (Å²) in [6.45, 7) is 8.02. The Bertz CT molecular complexity index is 434. The number of nitrogens with one attached hydrogen (secondary N) is 1. The molecule has 4 heteroatoms. The molecule has 0 unspecified atom stereocenters. The SMILES string of the molecule is CCCC(=O)Nc1ccc(N2C[C@@H](C)O[C@@H](C)C2)cc1. The van der Waals surface area contributed by atoms with Crippen molar-refractivity contribution in [2.75, 3.05) is 23.3 Å². The minimum absolute atomic E-state index is 0.0777. The fourth-order valence-corrected chi connectivity index (χ4v) is 2.59. The topological polar surface area (TPSA) is 41.6 Å². The van der Waals surface area contributed by atoms with E-state index < -0.39 is 0 Å². The molecule has 1 aromatic rings. The Kier molecular flexibility index (Phi) is 5.01. The average molecular weight is 276 g/mol. The number of hydrogen-bond donors (Lipinski definition) is 1. The van der Waals surface area contributed by atoms with Crippen molar-refractivity contribution in [1.82, 2.24) is 0 Å². The van der Waals surface area contributed by atoms with Gasteiger partial charge in [0.05, 0.1) is 12.2 Å². The third-order valence-corrected chi connectivity index (χ3v) is 3.41. The Balaban J connectivity index is 1.99. The van der Waals surface area contributed by atoms with Gasteiger partial charge in [-0.05, 0) is 44.5 Å². The molecule has 0 spiro atoms. The summed E-state index contributed by atoms with van der Waals surface area (Å²) in [5.74, 6) is 0.0777. The molecular formula is C16H24N2O2. The molecule has 1 heterocycles. The number of amides is 1. The number of ether oxygens (including phenoxy) is 1. The smallest absolute Gasteiger partial charge is 0.224 e. The van der Waals surface area contributed by atoms with Gasteiger partial charge in [-0.3, -0.25) is 4.79 Å². The van der Waals surface area contributed by atoms with Gasteiger partial charge in [0, 0.05) is 30.9 Å². The summed E-state index contributed by atoms with van der Waals surface area (Å²) < 4.78 is 5.74. The summed E-state index contributed by atoms with van der Waals surface area (Å²) >= 11 is 0. The fraction of sp³-hybridized carbons (Fsp3) is 0.562. The molecule has 0 bridgehead atoms. The summed E-state index contributed by atoms with van der Waals surface area (Å²) in [6.07, 6.45) is 1.94. The van der Waals surface area contributed by atoms with Gasteiger partial charge < -0.3 is 15.0 Å². The number of benzene rings is 1. The van der Waals surface area contributed by atoms with Gasteiger partial charge in [0.2, 0.25) is 5.91 Å². The second-order valence-electron chi connectivity index (χ2n) is 5.51. The maximum Gasteiger partial charge on any atom is 0.224 e. The van der Waals surface area contributed by atoms with Crippen molar-refractivity contribution >= 4 is 17.3 Å². The average Bonchev–Trinajstić information content (AvgIpc) is 2.38. The predicted octanol–water partition coefficient (Wildman–Crippen LogP) is 3.04. The summed E-state index contributed by atoms with van der Waals surface area (Å²) in [7, 11) is 0. The van der Waals surface area contributed by atoms with Crippen LogP contribution in [0.15, 0.2) is 24.3 Å². The Morgan fingerprint density at radius 2 is 1.85 bits per heavy atom. The molecular weight excluding hydrogens is 252 g/mol. The second-order valence-corrected chi connectivity index (χ2v) is 5.51. The Morgan fingerprint density at radius 3 is 2.40 bits per heavy atom. The van der Waals surface area contributed by atoms with Gasteiger partial charge in [-0.15, -0.1) is 0 Å². The van der Waals surface area contributed by atoms with Gasteiger partial charge in [0.25, 0.3) is 0 Å². The van der Waals surface area contributed by atoms with E-state index in [-0.39, 0.29) is 18.1 Å². The monoisotopic (exact) mass is 276 g/mol. The van der Waals surface area contributed by atoms with Crippen LogP contribution in [0.4, 0.5) is 11.4 Å². The van der Waals surface area contributed by atoms with E-state index in [2.05, 4.69) is 36.2 Å². The Labute approximate surface area is 121 Å². The van der Waals surface area contributed by atoms with E-state index in [0.717, 1.165) is 25.2 Å². The van der Waals surface area contributed by atoms with Crippen molar-refractivity contribution in [2.24, 2.45) is 0 Å². The first-order chi connectivity index (χ1) is 9.58. The van der Waals surface area contributed by atoms with Crippen LogP contribution in [0.1, 0.15) is 33.6 Å². The van der Waals surface area contributed by atoms with Crippen LogP contribution in [-0.2, 0) is 9.53 Å². The number of carbonyl (C=O) groups excluding carboxylic acids is 1. The van der Waals surface area contributed by atoms with E-state index in [1.807, 2.05) is 19.1 Å². The highest BCUT2D eigenvalue weighted by Gasteiger charge is 2.22. The maximum absolute atomic E-state index is 11.5. The lowest BCUT2D eigenvalue weighted by atomic mass is 10.2. The van der Waals surface area contributed by atoms with E-state index in [9.17, 15) is 4.79 Å². The summed E-state index contributed by atoms with van der Waals surface area (Å²) in [4.78, 5) is 13.9. The molecule has 20 heavy (non-hydrogen) atoms. The number of morpholine rings is 1. The van der Waals surface area contributed by atoms with Gasteiger partial charge in [0.1, 0.15) is 0 Å². The first-order valence-corrected chi connectivity index (χ1v) is 7.38. The maximum atomic E-state index is 11.5. The lowest BCUT2D eigenvalue weighted by molar-refractivity contribution is -0.116. The van der Waals surface area contributed by atoms with Crippen molar-refractivity contribution in [3.8, 4) is 0 Å². The number of carbonyl (C=O) groups is 1. The van der Waals surface area contributed by atoms with Gasteiger partial charge in [-0.25, -0.2) is 0 Å². The minimum atomic E-state index is 0.0777. The highest BCUT2D eigenvalue weighted by molar-refractivity contribution is 5.90. The summed E-state index contributed by atoms with van der Waals surface area (Å²) in [6, 6.07) is 8.06. The van der Waals surface area contributed by atoms with Crippen molar-refractivity contribution in [2.45, 2.75) is 45.8 Å². The molecule has 1 saturated heterocycles. The summed E-state index contributed by atoms with van der Waals surface area (Å²) in [5, 5.41) is 2.91. The molecule has 1 aromatic carbocycles. The molecule has 2 rings (SSSR count).